The maximum Gasteiger partial charge on any atom is 0.126 e. The van der Waals surface area contributed by atoms with E-state index in [0.717, 1.165) is 44.5 Å². The van der Waals surface area contributed by atoms with Gasteiger partial charge in [0.05, 0.1) is 11.0 Å². The summed E-state index contributed by atoms with van der Waals surface area (Å²) in [5.41, 5.74) is 21.4. The summed E-state index contributed by atoms with van der Waals surface area (Å²) >= 11 is 0. The van der Waals surface area contributed by atoms with E-state index < -0.39 is 0 Å². The number of hydrogen-bond acceptors (Lipinski definition) is 2. The first-order chi connectivity index (χ1) is 34.4. The van der Waals surface area contributed by atoms with Gasteiger partial charge in [0.1, 0.15) is 12.0 Å². The maximum atomic E-state index is 9.26. The van der Waals surface area contributed by atoms with Gasteiger partial charge in [0, 0.05) is 34.0 Å². The van der Waals surface area contributed by atoms with Crippen LogP contribution in [-0.2, 0) is 12.0 Å². The van der Waals surface area contributed by atoms with Gasteiger partial charge in [0.2, 0.25) is 0 Å². The van der Waals surface area contributed by atoms with Crippen LogP contribution >= 0.6 is 0 Å². The van der Waals surface area contributed by atoms with Crippen molar-refractivity contribution in [2.45, 2.75) is 32.0 Å². The second kappa shape index (κ2) is 17.8. The molecule has 1 aromatic heterocycles. The van der Waals surface area contributed by atoms with Crippen LogP contribution in [0.1, 0.15) is 47.8 Å². The predicted octanol–water partition coefficient (Wildman–Crippen LogP) is 16.2. The van der Waals surface area contributed by atoms with Gasteiger partial charge in [-0.2, -0.15) is 0 Å². The maximum absolute atomic E-state index is 9.26. The van der Waals surface area contributed by atoms with Gasteiger partial charge in [-0.15, -0.1) is 0 Å². The molecule has 0 bridgehead atoms. The number of hydrogen-bond donors (Lipinski definition) is 3. The highest BCUT2D eigenvalue weighted by Crippen LogP contribution is 2.49. The Bertz CT molecular complexity index is 3680. The molecule has 0 saturated carbocycles. The quantitative estimate of drug-likeness (QED) is 0.0688. The Balaban J connectivity index is 0.825. The number of amidine groups is 1. The third-order valence-electron chi connectivity index (χ3n) is 14.4. The molecule has 0 saturated heterocycles. The molecular weight excluding hydrogens is 849 g/mol. The first-order valence-electron chi connectivity index (χ1n) is 24.2. The molecule has 0 amide bonds. The van der Waals surface area contributed by atoms with Gasteiger partial charge in [0.25, 0.3) is 0 Å². The second-order valence-corrected chi connectivity index (χ2v) is 19.0. The molecule has 0 radical (unpaired) electrons. The Morgan fingerprint density at radius 2 is 0.943 bits per heavy atom. The van der Waals surface area contributed by atoms with E-state index >= 15 is 0 Å². The summed E-state index contributed by atoms with van der Waals surface area (Å²) in [5.74, 6) is 0.354. The fourth-order valence-corrected chi connectivity index (χ4v) is 10.6. The molecule has 11 aromatic rings. The molecule has 1 aliphatic rings. The van der Waals surface area contributed by atoms with Crippen LogP contribution in [0.5, 0.6) is 0 Å². The molecular formula is C66H52N4. The zero-order valence-corrected chi connectivity index (χ0v) is 39.3. The van der Waals surface area contributed by atoms with Gasteiger partial charge < -0.3 is 9.88 Å². The first-order valence-corrected chi connectivity index (χ1v) is 24.2. The van der Waals surface area contributed by atoms with Gasteiger partial charge in [-0.1, -0.05) is 220 Å². The van der Waals surface area contributed by atoms with Crippen molar-refractivity contribution in [2.75, 3.05) is 0 Å². The van der Waals surface area contributed by atoms with Crippen LogP contribution in [0.3, 0.4) is 0 Å². The van der Waals surface area contributed by atoms with E-state index in [4.69, 9.17) is 0 Å². The molecule has 336 valence electrons. The third-order valence-corrected chi connectivity index (χ3v) is 14.4. The van der Waals surface area contributed by atoms with Crippen LogP contribution in [0, 0.1) is 5.41 Å². The van der Waals surface area contributed by atoms with Crippen LogP contribution in [0.25, 0.3) is 83.1 Å². The van der Waals surface area contributed by atoms with Crippen LogP contribution in [0.2, 0.25) is 0 Å². The number of rotatable bonds is 11. The number of nitrogens with one attached hydrogen (secondary N) is 3. The van der Waals surface area contributed by atoms with Crippen molar-refractivity contribution in [3.05, 3.63) is 270 Å². The summed E-state index contributed by atoms with van der Waals surface area (Å²) in [6.07, 6.45) is -0.331. The minimum Gasteiger partial charge on any atom is -0.351 e. The molecule has 70 heavy (non-hydrogen) atoms. The van der Waals surface area contributed by atoms with Gasteiger partial charge >= 0.3 is 0 Å². The van der Waals surface area contributed by atoms with E-state index in [2.05, 4.69) is 247 Å². The molecule has 1 heterocycles. The Labute approximate surface area is 410 Å². The molecule has 12 rings (SSSR count). The van der Waals surface area contributed by atoms with Crippen molar-refractivity contribution in [1.82, 2.24) is 15.2 Å². The lowest BCUT2D eigenvalue weighted by Crippen LogP contribution is -2.37. The lowest BCUT2D eigenvalue weighted by molar-refractivity contribution is 0.504. The van der Waals surface area contributed by atoms with Crippen LogP contribution < -0.4 is 10.6 Å². The Morgan fingerprint density at radius 3 is 1.63 bits per heavy atom. The van der Waals surface area contributed by atoms with Gasteiger partial charge in [-0.3, -0.25) is 10.7 Å². The summed E-state index contributed by atoms with van der Waals surface area (Å²) in [5, 5.41) is 19.0. The Kier molecular flexibility index (Phi) is 10.9. The monoisotopic (exact) mass is 900 g/mol. The van der Waals surface area contributed by atoms with Crippen molar-refractivity contribution in [3.63, 3.8) is 0 Å². The summed E-state index contributed by atoms with van der Waals surface area (Å²) in [6, 6.07) is 87.0. The highest BCUT2D eigenvalue weighted by molar-refractivity contribution is 6.10. The zero-order valence-electron chi connectivity index (χ0n) is 39.3. The molecule has 4 heteroatoms. The van der Waals surface area contributed by atoms with Crippen molar-refractivity contribution >= 4 is 27.6 Å². The van der Waals surface area contributed by atoms with Crippen molar-refractivity contribution < 1.29 is 0 Å². The van der Waals surface area contributed by atoms with E-state index in [0.29, 0.717) is 12.4 Å². The van der Waals surface area contributed by atoms with E-state index in [1.165, 1.54) is 66.4 Å². The largest absolute Gasteiger partial charge is 0.351 e. The number of aromatic nitrogens is 1. The zero-order chi connectivity index (χ0) is 47.2. The minimum absolute atomic E-state index is 0.0331. The molecule has 4 nitrogen and oxygen atoms in total. The molecule has 0 aliphatic heterocycles. The minimum atomic E-state index is -0.331. The number of nitrogens with zero attached hydrogens (tertiary/aromatic N) is 1. The highest BCUT2D eigenvalue weighted by atomic mass is 15.1. The fourth-order valence-electron chi connectivity index (χ4n) is 10.6. The highest BCUT2D eigenvalue weighted by Gasteiger charge is 2.35. The Hall–Kier alpha value is -8.57. The van der Waals surface area contributed by atoms with Crippen LogP contribution in [0.4, 0.5) is 0 Å². The average molecular weight is 901 g/mol. The molecule has 10 aromatic carbocycles. The van der Waals surface area contributed by atoms with Gasteiger partial charge in [0.15, 0.2) is 0 Å². The van der Waals surface area contributed by atoms with Crippen molar-refractivity contribution in [1.29, 1.82) is 5.41 Å². The smallest absolute Gasteiger partial charge is 0.126 e. The SMILES string of the molecule is CC1(C)c2ccccc2-c2ccc(-c3ccc(-c4ccc5c(c4)c4ccccc4n5-c4ccc(C(NCc5ccc(-c6ccccc6)cc5)NC(=N)c5ccc(-c6ccccc6)cc5)cc4)cc3)cc21. The number of fused-ring (bicyclic) bond motifs is 6. The van der Waals surface area contributed by atoms with Crippen molar-refractivity contribution in [2.24, 2.45) is 0 Å². The second-order valence-electron chi connectivity index (χ2n) is 19.0. The molecule has 0 fully saturated rings. The fraction of sp³-hybridized carbons (Fsp3) is 0.0758. The molecule has 1 unspecified atom stereocenters. The number of benzene rings is 10. The van der Waals surface area contributed by atoms with E-state index in [9.17, 15) is 5.41 Å². The summed E-state index contributed by atoms with van der Waals surface area (Å²) in [4.78, 5) is 0. The summed E-state index contributed by atoms with van der Waals surface area (Å²) in [7, 11) is 0. The standard InChI is InChI=1S/C66H52N4/c1-66(2)60-19-11-9-17-56(60)57-39-35-54(42-61(57)66)50-27-25-49(26-28-50)53-36-40-63-59(41-53)58-18-10-12-20-62(58)70(63)55-37-33-52(34-38-55)65(68-43-44-21-23-47(24-22-44)45-13-5-3-6-14-45)69-64(67)51-31-29-48(30-32-51)46-15-7-4-8-16-46/h3-42,65,68H,43H2,1-2H3,(H2,67,69). The lowest BCUT2D eigenvalue weighted by atomic mass is 9.81. The molecule has 3 N–H and O–H groups in total. The van der Waals surface area contributed by atoms with Crippen molar-refractivity contribution in [3.8, 4) is 61.3 Å². The van der Waals surface area contributed by atoms with E-state index in [1.54, 1.807) is 0 Å². The number of para-hydroxylation sites is 1. The molecule has 0 spiro atoms. The first kappa shape index (κ1) is 42.8. The van der Waals surface area contributed by atoms with Crippen LogP contribution in [-0.4, -0.2) is 10.4 Å². The van der Waals surface area contributed by atoms with E-state index in [-0.39, 0.29) is 11.6 Å². The summed E-state index contributed by atoms with van der Waals surface area (Å²) in [6.45, 7) is 5.30. The Morgan fingerprint density at radius 1 is 0.443 bits per heavy atom. The predicted molar refractivity (Wildman–Crippen MR) is 293 cm³/mol. The van der Waals surface area contributed by atoms with E-state index in [1.807, 2.05) is 24.3 Å². The van der Waals surface area contributed by atoms with Gasteiger partial charge in [-0.05, 0) is 114 Å². The normalized spacial score (nSPS) is 12.9. The molecule has 1 atom stereocenters. The van der Waals surface area contributed by atoms with Crippen LogP contribution in [0.15, 0.2) is 243 Å². The third kappa shape index (κ3) is 7.88. The summed E-state index contributed by atoms with van der Waals surface area (Å²) < 4.78 is 2.37. The topological polar surface area (TPSA) is 52.8 Å². The average Bonchev–Trinajstić information content (AvgIpc) is 3.88. The van der Waals surface area contributed by atoms with Gasteiger partial charge in [-0.25, -0.2) is 0 Å². The lowest BCUT2D eigenvalue weighted by Gasteiger charge is -2.23. The molecule has 1 aliphatic carbocycles.